The summed E-state index contributed by atoms with van der Waals surface area (Å²) in [4.78, 5) is 18.4. The van der Waals surface area contributed by atoms with Gasteiger partial charge in [0.05, 0.1) is 6.54 Å². The maximum atomic E-state index is 13.3. The number of benzene rings is 1. The summed E-state index contributed by atoms with van der Waals surface area (Å²) < 4.78 is 15.3. The first-order valence-corrected chi connectivity index (χ1v) is 7.70. The van der Waals surface area contributed by atoms with Crippen molar-refractivity contribution in [3.05, 3.63) is 53.9 Å². The van der Waals surface area contributed by atoms with Crippen LogP contribution in [0.2, 0.25) is 0 Å². The van der Waals surface area contributed by atoms with Crippen LogP contribution < -0.4 is 0 Å². The van der Waals surface area contributed by atoms with Gasteiger partial charge < -0.3 is 9.47 Å². The summed E-state index contributed by atoms with van der Waals surface area (Å²) in [7, 11) is 0. The molecule has 1 fully saturated rings. The fourth-order valence-electron chi connectivity index (χ4n) is 2.57. The van der Waals surface area contributed by atoms with Crippen molar-refractivity contribution in [3.63, 3.8) is 0 Å². The Hall–Kier alpha value is -2.17. The molecule has 4 nitrogen and oxygen atoms in total. The summed E-state index contributed by atoms with van der Waals surface area (Å²) in [6.07, 6.45) is 5.61. The van der Waals surface area contributed by atoms with Gasteiger partial charge in [-0.3, -0.25) is 4.79 Å². The summed E-state index contributed by atoms with van der Waals surface area (Å²) in [6.45, 7) is 3.73. The molecule has 1 aliphatic carbocycles. The van der Waals surface area contributed by atoms with Crippen molar-refractivity contribution in [2.45, 2.75) is 32.9 Å². The quantitative estimate of drug-likeness (QED) is 0.823. The average molecular weight is 301 g/mol. The van der Waals surface area contributed by atoms with Gasteiger partial charge in [0, 0.05) is 31.4 Å². The van der Waals surface area contributed by atoms with Crippen molar-refractivity contribution in [2.75, 3.05) is 6.54 Å². The van der Waals surface area contributed by atoms with Gasteiger partial charge in [0.2, 0.25) is 5.91 Å². The number of halogens is 1. The monoisotopic (exact) mass is 301 g/mol. The van der Waals surface area contributed by atoms with Gasteiger partial charge in [-0.05, 0) is 37.5 Å². The molecule has 3 rings (SSSR count). The zero-order chi connectivity index (χ0) is 15.5. The van der Waals surface area contributed by atoms with Crippen LogP contribution in [0.25, 0.3) is 0 Å². The number of carbonyl (C=O) groups excluding carboxylic acids is 1. The minimum Gasteiger partial charge on any atom is -0.335 e. The predicted molar refractivity (Wildman–Crippen MR) is 81.5 cm³/mol. The van der Waals surface area contributed by atoms with Crippen LogP contribution in [0.3, 0.4) is 0 Å². The van der Waals surface area contributed by atoms with E-state index in [4.69, 9.17) is 0 Å². The molecule has 1 saturated carbocycles. The molecule has 1 aliphatic rings. The van der Waals surface area contributed by atoms with Crippen LogP contribution in [0.15, 0.2) is 36.7 Å². The molecule has 1 heterocycles. The smallest absolute Gasteiger partial charge is 0.226 e. The van der Waals surface area contributed by atoms with Crippen LogP contribution in [0.4, 0.5) is 4.39 Å². The number of nitrogens with zero attached hydrogens (tertiary/aromatic N) is 3. The highest BCUT2D eigenvalue weighted by Gasteiger charge is 2.33. The van der Waals surface area contributed by atoms with E-state index in [0.29, 0.717) is 19.6 Å². The van der Waals surface area contributed by atoms with Crippen LogP contribution in [0.5, 0.6) is 0 Å². The first-order valence-electron chi connectivity index (χ1n) is 7.70. The third kappa shape index (κ3) is 3.35. The number of hydrogen-bond acceptors (Lipinski definition) is 2. The lowest BCUT2D eigenvalue weighted by atomic mass is 10.2. The Morgan fingerprint density at radius 3 is 2.95 bits per heavy atom. The van der Waals surface area contributed by atoms with Gasteiger partial charge >= 0.3 is 0 Å². The number of amides is 1. The highest BCUT2D eigenvalue weighted by Crippen LogP contribution is 2.31. The minimum absolute atomic E-state index is 0.214. The molecule has 0 bridgehead atoms. The fraction of sp³-hybridized carbons (Fsp3) is 0.412. The molecule has 5 heteroatoms. The van der Waals surface area contributed by atoms with Crippen molar-refractivity contribution in [3.8, 4) is 0 Å². The van der Waals surface area contributed by atoms with E-state index in [1.165, 1.54) is 12.1 Å². The summed E-state index contributed by atoms with van der Waals surface area (Å²) >= 11 is 0. The first-order chi connectivity index (χ1) is 10.7. The average Bonchev–Trinajstić information content (AvgIpc) is 3.27. The van der Waals surface area contributed by atoms with Crippen LogP contribution in [0, 0.1) is 11.7 Å². The SMILES string of the molecule is CCN(Cc1nccn1Cc1cccc(F)c1)C(=O)C1CC1. The van der Waals surface area contributed by atoms with E-state index in [1.807, 2.05) is 28.7 Å². The van der Waals surface area contributed by atoms with E-state index in [1.54, 1.807) is 12.3 Å². The van der Waals surface area contributed by atoms with E-state index in [9.17, 15) is 9.18 Å². The number of hydrogen-bond donors (Lipinski definition) is 0. The van der Waals surface area contributed by atoms with Crippen molar-refractivity contribution in [1.29, 1.82) is 0 Å². The standard InChI is InChI=1S/C17H20FN3O/c1-2-20(17(22)14-6-7-14)12-16-19-8-9-21(16)11-13-4-3-5-15(18)10-13/h3-5,8-10,14H,2,6-7,11-12H2,1H3. The molecule has 1 amide bonds. The van der Waals surface area contributed by atoms with E-state index in [0.717, 1.165) is 24.2 Å². The topological polar surface area (TPSA) is 38.1 Å². The number of rotatable bonds is 6. The van der Waals surface area contributed by atoms with Gasteiger partial charge in [0.25, 0.3) is 0 Å². The Bertz CT molecular complexity index is 663. The molecule has 0 N–H and O–H groups in total. The normalized spacial score (nSPS) is 14.1. The maximum absolute atomic E-state index is 13.3. The van der Waals surface area contributed by atoms with E-state index in [2.05, 4.69) is 4.98 Å². The van der Waals surface area contributed by atoms with E-state index >= 15 is 0 Å². The van der Waals surface area contributed by atoms with Crippen LogP contribution in [-0.2, 0) is 17.9 Å². The van der Waals surface area contributed by atoms with Crippen molar-refractivity contribution in [1.82, 2.24) is 14.5 Å². The lowest BCUT2D eigenvalue weighted by Gasteiger charge is -2.21. The Balaban J connectivity index is 1.72. The molecular weight excluding hydrogens is 281 g/mol. The second kappa shape index (κ2) is 6.30. The predicted octanol–water partition coefficient (Wildman–Crippen LogP) is 2.83. The fourth-order valence-corrected chi connectivity index (χ4v) is 2.57. The summed E-state index contributed by atoms with van der Waals surface area (Å²) in [6, 6.07) is 6.55. The second-order valence-corrected chi connectivity index (χ2v) is 5.73. The van der Waals surface area contributed by atoms with Gasteiger partial charge in [-0.15, -0.1) is 0 Å². The molecule has 0 saturated heterocycles. The van der Waals surface area contributed by atoms with Gasteiger partial charge in [0.15, 0.2) is 0 Å². The third-order valence-electron chi connectivity index (χ3n) is 4.00. The molecule has 1 aromatic carbocycles. The number of carbonyl (C=O) groups is 1. The molecule has 0 spiro atoms. The molecular formula is C17H20FN3O. The van der Waals surface area contributed by atoms with E-state index in [-0.39, 0.29) is 17.6 Å². The summed E-state index contributed by atoms with van der Waals surface area (Å²) in [5, 5.41) is 0. The van der Waals surface area contributed by atoms with Gasteiger partial charge in [-0.25, -0.2) is 9.37 Å². The van der Waals surface area contributed by atoms with Crippen molar-refractivity contribution in [2.24, 2.45) is 5.92 Å². The van der Waals surface area contributed by atoms with Crippen LogP contribution >= 0.6 is 0 Å². The summed E-state index contributed by atoms with van der Waals surface area (Å²) in [5.74, 6) is 1.03. The largest absolute Gasteiger partial charge is 0.335 e. The van der Waals surface area contributed by atoms with Crippen LogP contribution in [0.1, 0.15) is 31.2 Å². The number of aromatic nitrogens is 2. The molecule has 22 heavy (non-hydrogen) atoms. The lowest BCUT2D eigenvalue weighted by molar-refractivity contribution is -0.133. The highest BCUT2D eigenvalue weighted by atomic mass is 19.1. The van der Waals surface area contributed by atoms with Gasteiger partial charge in [-0.1, -0.05) is 12.1 Å². The molecule has 0 radical (unpaired) electrons. The zero-order valence-electron chi connectivity index (χ0n) is 12.7. The Morgan fingerprint density at radius 1 is 1.45 bits per heavy atom. The van der Waals surface area contributed by atoms with Gasteiger partial charge in [-0.2, -0.15) is 0 Å². The Labute approximate surface area is 129 Å². The Morgan fingerprint density at radius 2 is 2.27 bits per heavy atom. The zero-order valence-corrected chi connectivity index (χ0v) is 12.7. The maximum Gasteiger partial charge on any atom is 0.226 e. The van der Waals surface area contributed by atoms with Crippen molar-refractivity contribution >= 4 is 5.91 Å². The minimum atomic E-state index is -0.238. The second-order valence-electron chi connectivity index (χ2n) is 5.73. The van der Waals surface area contributed by atoms with E-state index < -0.39 is 0 Å². The van der Waals surface area contributed by atoms with Gasteiger partial charge in [0.1, 0.15) is 11.6 Å². The molecule has 116 valence electrons. The number of imidazole rings is 1. The molecule has 0 unspecified atom stereocenters. The van der Waals surface area contributed by atoms with Crippen LogP contribution in [-0.4, -0.2) is 26.9 Å². The molecule has 1 aromatic heterocycles. The highest BCUT2D eigenvalue weighted by molar-refractivity contribution is 5.80. The first kappa shape index (κ1) is 14.8. The third-order valence-corrected chi connectivity index (χ3v) is 4.00. The molecule has 0 atom stereocenters. The summed E-state index contributed by atoms with van der Waals surface area (Å²) in [5.41, 5.74) is 0.885. The van der Waals surface area contributed by atoms with Crippen molar-refractivity contribution < 1.29 is 9.18 Å². The Kier molecular flexibility index (Phi) is 4.22. The lowest BCUT2D eigenvalue weighted by Crippen LogP contribution is -2.32. The molecule has 0 aliphatic heterocycles. The molecule has 2 aromatic rings.